The molecule has 0 saturated carbocycles. The first-order chi connectivity index (χ1) is 27.3. The summed E-state index contributed by atoms with van der Waals surface area (Å²) in [5.74, 6) is -0.799. The van der Waals surface area contributed by atoms with E-state index >= 15 is 0 Å². The summed E-state index contributed by atoms with van der Waals surface area (Å²) in [4.78, 5) is 48.8. The van der Waals surface area contributed by atoms with E-state index in [1.807, 2.05) is 27.7 Å². The van der Waals surface area contributed by atoms with Crippen LogP contribution < -0.4 is 16.6 Å². The molecule has 0 fully saturated rings. The van der Waals surface area contributed by atoms with Gasteiger partial charge in [0.05, 0.1) is 65.4 Å². The number of hydrogen-bond acceptors (Lipinski definition) is 12. The number of ether oxygens (including phenoxy) is 5. The summed E-state index contributed by atoms with van der Waals surface area (Å²) >= 11 is 1.19. The van der Waals surface area contributed by atoms with Gasteiger partial charge in [0.2, 0.25) is 11.9 Å². The van der Waals surface area contributed by atoms with E-state index in [0.717, 1.165) is 18.6 Å². The molecule has 320 valence electrons. The number of rotatable bonds is 30. The highest BCUT2D eigenvalue weighted by molar-refractivity contribution is 7.99. The van der Waals surface area contributed by atoms with Crippen LogP contribution in [0.3, 0.4) is 0 Å². The SMILES string of the molecule is CC.CC.CCCCCCCCOCCOCCOCCOCCOCCCC(=O)[C@H](CSc1nc2c(=O)[nH]c(N)nc2n1Cc1ccc(F)cc1)NC(C)=O.[HH]. The maximum absolute atomic E-state index is 13.5. The largest absolute Gasteiger partial charge is 0.379 e. The monoisotopic (exact) mass is 812 g/mol. The Balaban J connectivity index is 0.00000607. The molecule has 0 radical (unpaired) electrons. The molecule has 0 bridgehead atoms. The average Bonchev–Trinajstić information content (AvgIpc) is 3.54. The predicted molar refractivity (Wildman–Crippen MR) is 223 cm³/mol. The number of fused-ring (bicyclic) bond motifs is 1. The van der Waals surface area contributed by atoms with Crippen molar-refractivity contribution < 1.29 is 39.1 Å². The van der Waals surface area contributed by atoms with Gasteiger partial charge in [0.1, 0.15) is 5.82 Å². The van der Waals surface area contributed by atoms with Crippen molar-refractivity contribution in [2.24, 2.45) is 0 Å². The molecular weight excluding hydrogens is 744 g/mol. The van der Waals surface area contributed by atoms with E-state index in [1.54, 1.807) is 16.7 Å². The fraction of sp³-hybridized carbons (Fsp3) is 0.675. The number of amides is 1. The minimum Gasteiger partial charge on any atom is -0.379 e. The van der Waals surface area contributed by atoms with Gasteiger partial charge in [-0.1, -0.05) is 90.6 Å². The summed E-state index contributed by atoms with van der Waals surface area (Å²) in [5, 5.41) is 3.11. The number of Topliss-reactive ketones (excluding diaryl/α,β-unsaturated/α-hetero) is 1. The number of carbonyl (C=O) groups excluding carboxylic acids is 2. The summed E-state index contributed by atoms with van der Waals surface area (Å²) in [6, 6.07) is 5.11. The Hall–Kier alpha value is -3.41. The van der Waals surface area contributed by atoms with Gasteiger partial charge in [-0.05, 0) is 30.5 Å². The Labute approximate surface area is 338 Å². The number of aromatic nitrogens is 4. The zero-order valence-corrected chi connectivity index (χ0v) is 35.3. The van der Waals surface area contributed by atoms with Crippen LogP contribution in [0.15, 0.2) is 34.2 Å². The molecule has 1 aromatic carbocycles. The van der Waals surface area contributed by atoms with Crippen LogP contribution in [0.4, 0.5) is 10.3 Å². The molecule has 56 heavy (non-hydrogen) atoms. The standard InChI is InChI=1S/C36H55FN6O8S.2C2H6.H2/c1-3-4-5-6-7-8-15-47-17-19-49-21-23-51-24-22-50-20-18-48-16-9-10-31(45)30(39-27(2)44)26-52-36-40-32-33(41-35(38)42-34(32)46)43(36)25-28-11-13-29(37)14-12-28;2*1-2;/h11-14,30H,3-10,15-26H2,1-2H3,(H,39,44)(H3,38,41,42,46);2*1-2H3;1H/t30-;;;/m0.../s1. The van der Waals surface area contributed by atoms with Gasteiger partial charge in [-0.3, -0.25) is 23.9 Å². The van der Waals surface area contributed by atoms with Gasteiger partial charge >= 0.3 is 0 Å². The number of nitrogens with zero attached hydrogens (tertiary/aromatic N) is 3. The van der Waals surface area contributed by atoms with Crippen molar-refractivity contribution >= 4 is 40.6 Å². The van der Waals surface area contributed by atoms with E-state index < -0.39 is 11.6 Å². The van der Waals surface area contributed by atoms with E-state index in [-0.39, 0.29) is 54.8 Å². The fourth-order valence-corrected chi connectivity index (χ4v) is 6.19. The van der Waals surface area contributed by atoms with Crippen LogP contribution in [-0.4, -0.2) is 109 Å². The molecule has 2 heterocycles. The normalized spacial score (nSPS) is 11.4. The molecule has 2 aromatic heterocycles. The number of thioether (sulfide) groups is 1. The number of nitrogens with one attached hydrogen (secondary N) is 2. The zero-order chi connectivity index (χ0) is 41.4. The molecule has 0 saturated heterocycles. The quantitative estimate of drug-likeness (QED) is 0.0487. The number of H-pyrrole nitrogens is 1. The first-order valence-electron chi connectivity index (χ1n) is 20.1. The van der Waals surface area contributed by atoms with Gasteiger partial charge in [0, 0.05) is 33.7 Å². The maximum atomic E-state index is 13.5. The second-order valence-electron chi connectivity index (χ2n) is 12.2. The minimum absolute atomic E-state index is 0. The number of imidazole rings is 1. The highest BCUT2D eigenvalue weighted by atomic mass is 32.2. The average molecular weight is 813 g/mol. The number of nitrogens with two attached hydrogens (primary N) is 1. The highest BCUT2D eigenvalue weighted by Crippen LogP contribution is 2.24. The molecule has 14 nitrogen and oxygen atoms in total. The third kappa shape index (κ3) is 21.8. The number of anilines is 1. The summed E-state index contributed by atoms with van der Waals surface area (Å²) < 4.78 is 43.0. The van der Waals surface area contributed by atoms with Crippen molar-refractivity contribution in [2.45, 2.75) is 111 Å². The van der Waals surface area contributed by atoms with Crippen molar-refractivity contribution in [3.8, 4) is 0 Å². The number of hydrogen-bond donors (Lipinski definition) is 3. The van der Waals surface area contributed by atoms with Crippen molar-refractivity contribution in [3.05, 3.63) is 46.0 Å². The summed E-state index contributed by atoms with van der Waals surface area (Å²) in [6.45, 7) is 16.8. The van der Waals surface area contributed by atoms with E-state index in [2.05, 4.69) is 27.2 Å². The molecule has 0 spiro atoms. The van der Waals surface area contributed by atoms with Gasteiger partial charge in [0.25, 0.3) is 5.56 Å². The van der Waals surface area contributed by atoms with Gasteiger partial charge in [-0.15, -0.1) is 0 Å². The van der Waals surface area contributed by atoms with Crippen LogP contribution in [0.5, 0.6) is 0 Å². The molecule has 3 rings (SSSR count). The van der Waals surface area contributed by atoms with Crippen LogP contribution in [0.1, 0.15) is 99.9 Å². The lowest BCUT2D eigenvalue weighted by Gasteiger charge is -2.17. The van der Waals surface area contributed by atoms with Crippen molar-refractivity contribution in [3.63, 3.8) is 0 Å². The third-order valence-corrected chi connectivity index (χ3v) is 8.90. The molecular formula is C40H69FN6O8S. The Kier molecular flexibility index (Phi) is 29.5. The minimum atomic E-state index is -0.796. The van der Waals surface area contributed by atoms with Crippen molar-refractivity contribution in [1.82, 2.24) is 24.8 Å². The maximum Gasteiger partial charge on any atom is 0.280 e. The van der Waals surface area contributed by atoms with Gasteiger partial charge in [-0.2, -0.15) is 4.98 Å². The van der Waals surface area contributed by atoms with Gasteiger partial charge in [-0.25, -0.2) is 9.37 Å². The fourth-order valence-electron chi connectivity index (χ4n) is 5.14. The van der Waals surface area contributed by atoms with Crippen LogP contribution >= 0.6 is 11.8 Å². The molecule has 1 amide bonds. The Morgan fingerprint density at radius 3 is 1.89 bits per heavy atom. The Morgan fingerprint density at radius 1 is 0.821 bits per heavy atom. The van der Waals surface area contributed by atoms with Gasteiger partial charge in [0.15, 0.2) is 22.1 Å². The Morgan fingerprint density at radius 2 is 1.34 bits per heavy atom. The zero-order valence-electron chi connectivity index (χ0n) is 34.5. The molecule has 1 atom stereocenters. The number of ketones is 1. The topological polar surface area (TPSA) is 182 Å². The molecule has 16 heteroatoms. The van der Waals surface area contributed by atoms with E-state index in [9.17, 15) is 18.8 Å². The van der Waals surface area contributed by atoms with E-state index in [0.29, 0.717) is 71.0 Å². The molecule has 3 aromatic rings. The summed E-state index contributed by atoms with van der Waals surface area (Å²) in [5.41, 5.74) is 6.36. The lowest BCUT2D eigenvalue weighted by atomic mass is 10.1. The highest BCUT2D eigenvalue weighted by Gasteiger charge is 2.23. The smallest absolute Gasteiger partial charge is 0.280 e. The molecule has 0 aliphatic heterocycles. The van der Waals surface area contributed by atoms with Crippen LogP contribution in [0.25, 0.3) is 11.2 Å². The lowest BCUT2D eigenvalue weighted by Crippen LogP contribution is -2.41. The Bertz CT molecular complexity index is 1530. The second kappa shape index (κ2) is 32.7. The lowest BCUT2D eigenvalue weighted by molar-refractivity contribution is -0.126. The number of carbonyl (C=O) groups is 2. The third-order valence-electron chi connectivity index (χ3n) is 7.83. The first kappa shape index (κ1) is 50.6. The van der Waals surface area contributed by atoms with Gasteiger partial charge < -0.3 is 34.7 Å². The van der Waals surface area contributed by atoms with Crippen molar-refractivity contribution in [1.29, 1.82) is 0 Å². The van der Waals surface area contributed by atoms with Crippen LogP contribution in [0.2, 0.25) is 0 Å². The van der Waals surface area contributed by atoms with Crippen LogP contribution in [0, 0.1) is 5.82 Å². The summed E-state index contributed by atoms with van der Waals surface area (Å²) in [6.07, 6.45) is 8.17. The molecule has 4 N–H and O–H groups in total. The predicted octanol–water partition coefficient (Wildman–Crippen LogP) is 6.58. The second-order valence-corrected chi connectivity index (χ2v) is 13.2. The van der Waals surface area contributed by atoms with Crippen LogP contribution in [-0.2, 0) is 39.8 Å². The summed E-state index contributed by atoms with van der Waals surface area (Å²) in [7, 11) is 0. The number of halogens is 1. The molecule has 0 aliphatic rings. The molecule has 0 aliphatic carbocycles. The van der Waals surface area contributed by atoms with Crippen molar-refractivity contribution in [2.75, 3.05) is 77.6 Å². The number of benzene rings is 1. The number of nitrogen functional groups attached to an aromatic ring is 1. The number of unbranched alkanes of at least 4 members (excludes halogenated alkanes) is 5. The number of aromatic amines is 1. The van der Waals surface area contributed by atoms with E-state index in [4.69, 9.17) is 29.4 Å². The first-order valence-corrected chi connectivity index (χ1v) is 21.1. The molecule has 0 unspecified atom stereocenters. The van der Waals surface area contributed by atoms with E-state index in [1.165, 1.54) is 62.9 Å².